The van der Waals surface area contributed by atoms with Crippen LogP contribution in [0, 0.1) is 17.2 Å². The maximum absolute atomic E-state index is 8.94. The lowest BCUT2D eigenvalue weighted by atomic mass is 9.93. The highest BCUT2D eigenvalue weighted by Crippen LogP contribution is 2.29. The molecule has 0 spiro atoms. The molecule has 1 aromatic rings. The molecule has 0 amide bonds. The summed E-state index contributed by atoms with van der Waals surface area (Å²) in [6, 6.07) is 7.25. The molecule has 1 rings (SSSR count). The molecule has 0 aliphatic heterocycles. The molecule has 4 heteroatoms. The Morgan fingerprint density at radius 2 is 2.25 bits per heavy atom. The number of halogens is 1. The second kappa shape index (κ2) is 5.74. The average Bonchev–Trinajstić information content (AvgIpc) is 2.30. The first-order valence-electron chi connectivity index (χ1n) is 5.12. The number of nitrogens with two attached hydrogens (primary N) is 1. The van der Waals surface area contributed by atoms with Crippen LogP contribution in [0.2, 0.25) is 5.02 Å². The van der Waals surface area contributed by atoms with Crippen LogP contribution in [0.4, 0.5) is 0 Å². The molecule has 0 aliphatic carbocycles. The molecule has 2 N–H and O–H groups in total. The van der Waals surface area contributed by atoms with Crippen molar-refractivity contribution in [1.29, 1.82) is 5.26 Å². The van der Waals surface area contributed by atoms with Crippen molar-refractivity contribution in [2.45, 2.75) is 19.4 Å². The Bertz CT molecular complexity index is 400. The van der Waals surface area contributed by atoms with Crippen LogP contribution in [0.25, 0.3) is 0 Å². The number of methoxy groups -OCH3 is 1. The largest absolute Gasteiger partial charge is 0.495 e. The van der Waals surface area contributed by atoms with Gasteiger partial charge in [0.2, 0.25) is 0 Å². The Kier molecular flexibility index (Phi) is 4.60. The van der Waals surface area contributed by atoms with Gasteiger partial charge < -0.3 is 10.5 Å². The maximum Gasteiger partial charge on any atom is 0.137 e. The number of benzene rings is 1. The van der Waals surface area contributed by atoms with E-state index in [0.29, 0.717) is 10.8 Å². The smallest absolute Gasteiger partial charge is 0.137 e. The lowest BCUT2D eigenvalue weighted by Crippen LogP contribution is -2.19. The van der Waals surface area contributed by atoms with Gasteiger partial charge in [0, 0.05) is 6.04 Å². The Labute approximate surface area is 101 Å². The zero-order valence-electron chi connectivity index (χ0n) is 9.40. The van der Waals surface area contributed by atoms with Crippen LogP contribution in [0.1, 0.15) is 24.9 Å². The molecule has 0 aliphatic rings. The number of rotatable bonds is 4. The molecule has 16 heavy (non-hydrogen) atoms. The van der Waals surface area contributed by atoms with E-state index in [2.05, 4.69) is 6.07 Å². The lowest BCUT2D eigenvalue weighted by molar-refractivity contribution is 0.414. The summed E-state index contributed by atoms with van der Waals surface area (Å²) in [4.78, 5) is 0. The van der Waals surface area contributed by atoms with Gasteiger partial charge in [0.05, 0.1) is 24.1 Å². The van der Waals surface area contributed by atoms with Gasteiger partial charge in [0.15, 0.2) is 0 Å². The lowest BCUT2D eigenvalue weighted by Gasteiger charge is -2.17. The Hall–Kier alpha value is -1.24. The van der Waals surface area contributed by atoms with E-state index in [1.807, 2.05) is 13.0 Å². The first-order valence-corrected chi connectivity index (χ1v) is 5.50. The van der Waals surface area contributed by atoms with Gasteiger partial charge in [0.25, 0.3) is 0 Å². The second-order valence-corrected chi connectivity index (χ2v) is 3.97. The predicted octanol–water partition coefficient (Wildman–Crippen LogP) is 2.90. The van der Waals surface area contributed by atoms with Crippen molar-refractivity contribution in [3.05, 3.63) is 28.8 Å². The quantitative estimate of drug-likeness (QED) is 0.878. The fraction of sp³-hybridized carbons (Fsp3) is 0.417. The molecule has 0 saturated heterocycles. The minimum absolute atomic E-state index is 0.190. The summed E-state index contributed by atoms with van der Waals surface area (Å²) in [6.45, 7) is 1.94. The van der Waals surface area contributed by atoms with Crippen molar-refractivity contribution < 1.29 is 4.74 Å². The summed E-state index contributed by atoms with van der Waals surface area (Å²) in [5, 5.41) is 9.46. The number of nitrogens with zero attached hydrogens (tertiary/aromatic N) is 1. The van der Waals surface area contributed by atoms with Crippen LogP contribution in [0.3, 0.4) is 0 Å². The fourth-order valence-corrected chi connectivity index (χ4v) is 1.81. The summed E-state index contributed by atoms with van der Waals surface area (Å²) in [5.41, 5.74) is 6.86. The standard InChI is InChI=1S/C12H15ClN2O/c1-3-8(7-14)12(15)9-4-5-11(16-2)10(13)6-9/h4-6,8,12H,3,15H2,1-2H3. The van der Waals surface area contributed by atoms with E-state index in [-0.39, 0.29) is 12.0 Å². The van der Waals surface area contributed by atoms with E-state index in [9.17, 15) is 0 Å². The molecule has 86 valence electrons. The van der Waals surface area contributed by atoms with E-state index >= 15 is 0 Å². The third kappa shape index (κ3) is 2.66. The Balaban J connectivity index is 2.97. The summed E-state index contributed by atoms with van der Waals surface area (Å²) < 4.78 is 5.06. The number of hydrogen-bond acceptors (Lipinski definition) is 3. The molecule has 3 nitrogen and oxygen atoms in total. The molecule has 2 unspecified atom stereocenters. The molecule has 0 heterocycles. The molecule has 0 aromatic heterocycles. The van der Waals surface area contributed by atoms with Crippen LogP contribution >= 0.6 is 11.6 Å². The molecular formula is C12H15ClN2O. The van der Waals surface area contributed by atoms with Gasteiger partial charge in [-0.15, -0.1) is 0 Å². The van der Waals surface area contributed by atoms with Crippen LogP contribution in [-0.2, 0) is 0 Å². The van der Waals surface area contributed by atoms with Gasteiger partial charge >= 0.3 is 0 Å². The van der Waals surface area contributed by atoms with E-state index in [4.69, 9.17) is 27.3 Å². The molecule has 1 aromatic carbocycles. The average molecular weight is 239 g/mol. The minimum atomic E-state index is -0.307. The number of ether oxygens (including phenoxy) is 1. The summed E-state index contributed by atoms with van der Waals surface area (Å²) in [5.74, 6) is 0.423. The molecular weight excluding hydrogens is 224 g/mol. The number of hydrogen-bond donors (Lipinski definition) is 1. The van der Waals surface area contributed by atoms with Gasteiger partial charge in [-0.05, 0) is 24.1 Å². The zero-order valence-corrected chi connectivity index (χ0v) is 10.2. The van der Waals surface area contributed by atoms with Gasteiger partial charge in [-0.1, -0.05) is 24.6 Å². The zero-order chi connectivity index (χ0) is 12.1. The first-order chi connectivity index (χ1) is 7.63. The third-order valence-corrected chi connectivity index (χ3v) is 2.90. The third-order valence-electron chi connectivity index (χ3n) is 2.60. The highest BCUT2D eigenvalue weighted by Gasteiger charge is 2.18. The van der Waals surface area contributed by atoms with Crippen LogP contribution < -0.4 is 10.5 Å². The SMILES string of the molecule is CCC(C#N)C(N)c1ccc(OC)c(Cl)c1. The van der Waals surface area contributed by atoms with E-state index in [1.165, 1.54) is 0 Å². The van der Waals surface area contributed by atoms with Gasteiger partial charge in [-0.3, -0.25) is 0 Å². The van der Waals surface area contributed by atoms with Gasteiger partial charge in [-0.25, -0.2) is 0 Å². The topological polar surface area (TPSA) is 59.0 Å². The van der Waals surface area contributed by atoms with E-state index in [1.54, 1.807) is 19.2 Å². The fourth-order valence-electron chi connectivity index (χ4n) is 1.55. The second-order valence-electron chi connectivity index (χ2n) is 3.56. The highest BCUT2D eigenvalue weighted by molar-refractivity contribution is 6.32. The predicted molar refractivity (Wildman–Crippen MR) is 64.3 cm³/mol. The molecule has 0 radical (unpaired) electrons. The minimum Gasteiger partial charge on any atom is -0.495 e. The van der Waals surface area contributed by atoms with Gasteiger partial charge in [0.1, 0.15) is 5.75 Å². The Morgan fingerprint density at radius 1 is 1.56 bits per heavy atom. The summed E-state index contributed by atoms with van der Waals surface area (Å²) >= 11 is 6.00. The van der Waals surface area contributed by atoms with Crippen molar-refractivity contribution in [3.8, 4) is 11.8 Å². The van der Waals surface area contributed by atoms with Crippen LogP contribution in [-0.4, -0.2) is 7.11 Å². The van der Waals surface area contributed by atoms with Crippen molar-refractivity contribution >= 4 is 11.6 Å². The highest BCUT2D eigenvalue weighted by atomic mass is 35.5. The summed E-state index contributed by atoms with van der Waals surface area (Å²) in [6.07, 6.45) is 0.724. The van der Waals surface area contributed by atoms with Gasteiger partial charge in [-0.2, -0.15) is 5.26 Å². The van der Waals surface area contributed by atoms with E-state index in [0.717, 1.165) is 12.0 Å². The van der Waals surface area contributed by atoms with Crippen molar-refractivity contribution in [2.75, 3.05) is 7.11 Å². The summed E-state index contributed by atoms with van der Waals surface area (Å²) in [7, 11) is 1.56. The van der Waals surface area contributed by atoms with Crippen LogP contribution in [0.15, 0.2) is 18.2 Å². The van der Waals surface area contributed by atoms with Crippen LogP contribution in [0.5, 0.6) is 5.75 Å². The van der Waals surface area contributed by atoms with E-state index < -0.39 is 0 Å². The van der Waals surface area contributed by atoms with Crippen molar-refractivity contribution in [2.24, 2.45) is 11.7 Å². The molecule has 0 fully saturated rings. The van der Waals surface area contributed by atoms with Crippen molar-refractivity contribution in [1.82, 2.24) is 0 Å². The molecule has 0 bridgehead atoms. The first kappa shape index (κ1) is 12.8. The number of nitriles is 1. The molecule has 0 saturated carbocycles. The normalized spacial score (nSPS) is 13.9. The maximum atomic E-state index is 8.94. The monoisotopic (exact) mass is 238 g/mol. The Morgan fingerprint density at radius 3 is 2.69 bits per heavy atom. The van der Waals surface area contributed by atoms with Crippen molar-refractivity contribution in [3.63, 3.8) is 0 Å². The molecule has 2 atom stereocenters.